The summed E-state index contributed by atoms with van der Waals surface area (Å²) >= 11 is 4.74. The van der Waals surface area contributed by atoms with Gasteiger partial charge in [-0.1, -0.05) is 80.1 Å². The van der Waals surface area contributed by atoms with E-state index in [1.54, 1.807) is 0 Å². The van der Waals surface area contributed by atoms with Crippen LogP contribution in [0.2, 0.25) is 0 Å². The van der Waals surface area contributed by atoms with Gasteiger partial charge < -0.3 is 9.47 Å². The summed E-state index contributed by atoms with van der Waals surface area (Å²) in [5.74, 6) is 5.06. The van der Waals surface area contributed by atoms with E-state index < -0.39 is 0 Å². The van der Waals surface area contributed by atoms with Crippen molar-refractivity contribution in [3.8, 4) is 11.5 Å². The highest BCUT2D eigenvalue weighted by atomic mass is 127. The van der Waals surface area contributed by atoms with Gasteiger partial charge in [-0.2, -0.15) is 0 Å². The summed E-state index contributed by atoms with van der Waals surface area (Å²) in [6, 6.07) is 4.26. The summed E-state index contributed by atoms with van der Waals surface area (Å²) in [5, 5.41) is 0. The van der Waals surface area contributed by atoms with E-state index >= 15 is 0 Å². The van der Waals surface area contributed by atoms with Crippen molar-refractivity contribution >= 4 is 45.2 Å². The average molecular weight is 642 g/mol. The lowest BCUT2D eigenvalue weighted by Crippen LogP contribution is -2.07. The highest BCUT2D eigenvalue weighted by Gasteiger charge is 2.11. The zero-order valence-corrected chi connectivity index (χ0v) is 24.4. The monoisotopic (exact) mass is 642 g/mol. The van der Waals surface area contributed by atoms with Crippen LogP contribution in [0.15, 0.2) is 12.1 Å². The van der Waals surface area contributed by atoms with Crippen molar-refractivity contribution in [1.29, 1.82) is 0 Å². The molecule has 0 aliphatic carbocycles. The molecule has 0 aliphatic heterocycles. The van der Waals surface area contributed by atoms with Crippen molar-refractivity contribution in [2.24, 2.45) is 23.7 Å². The number of rotatable bonds is 16. The summed E-state index contributed by atoms with van der Waals surface area (Å²) < 4.78 is 14.5. The van der Waals surface area contributed by atoms with Crippen LogP contribution in [0, 0.1) is 30.8 Å². The largest absolute Gasteiger partial charge is 0.492 e. The molecule has 1 aromatic rings. The van der Waals surface area contributed by atoms with Crippen molar-refractivity contribution in [2.45, 2.75) is 92.9 Å². The maximum Gasteiger partial charge on any atom is 0.133 e. The minimum atomic E-state index is 0.727. The molecule has 174 valence electrons. The Bertz CT molecular complexity index is 535. The van der Waals surface area contributed by atoms with Gasteiger partial charge in [0.25, 0.3) is 0 Å². The first-order valence-corrected chi connectivity index (χ1v) is 14.1. The summed E-state index contributed by atoms with van der Waals surface area (Å²) in [4.78, 5) is 0. The van der Waals surface area contributed by atoms with Gasteiger partial charge in [0.1, 0.15) is 11.5 Å². The van der Waals surface area contributed by atoms with Crippen LogP contribution in [0.25, 0.3) is 0 Å². The Hall–Kier alpha value is 0.280. The van der Waals surface area contributed by atoms with Crippen LogP contribution in [0.3, 0.4) is 0 Å². The molecule has 0 heterocycles. The highest BCUT2D eigenvalue weighted by molar-refractivity contribution is 14.1. The molecular formula is C26H44I2O2. The zero-order chi connectivity index (χ0) is 22.5. The first-order valence-electron chi connectivity index (χ1n) is 11.9. The van der Waals surface area contributed by atoms with Crippen LogP contribution in [-0.4, -0.2) is 13.2 Å². The minimum absolute atomic E-state index is 0.727. The van der Waals surface area contributed by atoms with E-state index in [1.807, 2.05) is 0 Å². The van der Waals surface area contributed by atoms with Crippen LogP contribution in [0.1, 0.15) is 92.9 Å². The normalized spacial score (nSPS) is 13.7. The standard InChI is InChI=1S/C26H44I2O2/c1-19(2)9-7-11-21(5)13-15-29-25-17-24(28)26(18-23(25)27)30-16-14-22(6)12-8-10-20(3)4/h17-22H,7-16H2,1-6H3. The predicted octanol–water partition coefficient (Wildman–Crippen LogP) is 9.36. The Morgan fingerprint density at radius 2 is 0.967 bits per heavy atom. The molecule has 1 rings (SSSR count). The third-order valence-corrected chi connectivity index (χ3v) is 7.37. The van der Waals surface area contributed by atoms with Crippen LogP contribution in [0.5, 0.6) is 11.5 Å². The first-order chi connectivity index (χ1) is 14.2. The second-order valence-electron chi connectivity index (χ2n) is 9.85. The Morgan fingerprint density at radius 3 is 1.30 bits per heavy atom. The SMILES string of the molecule is CC(C)CCCC(C)CCOc1cc(I)c(OCCC(C)CCCC(C)C)cc1I. The summed E-state index contributed by atoms with van der Waals surface area (Å²) in [6.45, 7) is 15.5. The van der Waals surface area contributed by atoms with Gasteiger partial charge in [-0.25, -0.2) is 0 Å². The molecule has 30 heavy (non-hydrogen) atoms. The molecule has 0 spiro atoms. The topological polar surface area (TPSA) is 18.5 Å². The second kappa shape index (κ2) is 16.0. The van der Waals surface area contributed by atoms with Gasteiger partial charge in [-0.3, -0.25) is 0 Å². The quantitative estimate of drug-likeness (QED) is 0.167. The van der Waals surface area contributed by atoms with Crippen LogP contribution in [0.4, 0.5) is 0 Å². The zero-order valence-electron chi connectivity index (χ0n) is 20.1. The molecule has 1 aromatic carbocycles. The average Bonchev–Trinajstić information content (AvgIpc) is 2.64. The molecule has 0 N–H and O–H groups in total. The first kappa shape index (κ1) is 28.3. The van der Waals surface area contributed by atoms with E-state index in [9.17, 15) is 0 Å². The molecule has 0 saturated heterocycles. The molecule has 2 unspecified atom stereocenters. The Balaban J connectivity index is 2.37. The molecule has 0 amide bonds. The van der Waals surface area contributed by atoms with Crippen molar-refractivity contribution < 1.29 is 9.47 Å². The molecule has 2 nitrogen and oxygen atoms in total. The molecule has 4 heteroatoms. The smallest absolute Gasteiger partial charge is 0.133 e. The number of ether oxygens (including phenoxy) is 2. The third kappa shape index (κ3) is 13.0. The maximum absolute atomic E-state index is 6.11. The van der Waals surface area contributed by atoms with Gasteiger partial charge in [0, 0.05) is 0 Å². The van der Waals surface area contributed by atoms with E-state index in [1.165, 1.54) is 38.5 Å². The molecular weight excluding hydrogens is 598 g/mol. The second-order valence-corrected chi connectivity index (χ2v) is 12.2. The summed E-state index contributed by atoms with van der Waals surface area (Å²) in [6.07, 6.45) is 10.2. The fraction of sp³-hybridized carbons (Fsp3) is 0.769. The Labute approximate surface area is 213 Å². The summed E-state index contributed by atoms with van der Waals surface area (Å²) in [5.41, 5.74) is 0. The summed E-state index contributed by atoms with van der Waals surface area (Å²) in [7, 11) is 0. The molecule has 2 atom stereocenters. The maximum atomic E-state index is 6.11. The van der Waals surface area contributed by atoms with Crippen molar-refractivity contribution in [1.82, 2.24) is 0 Å². The lowest BCUT2D eigenvalue weighted by molar-refractivity contribution is 0.266. The van der Waals surface area contributed by atoms with Gasteiger partial charge in [-0.15, -0.1) is 0 Å². The van der Waals surface area contributed by atoms with Crippen LogP contribution >= 0.6 is 45.2 Å². The van der Waals surface area contributed by atoms with Crippen molar-refractivity contribution in [3.63, 3.8) is 0 Å². The van der Waals surface area contributed by atoms with Gasteiger partial charge >= 0.3 is 0 Å². The predicted molar refractivity (Wildman–Crippen MR) is 148 cm³/mol. The fourth-order valence-electron chi connectivity index (χ4n) is 3.51. The van der Waals surface area contributed by atoms with E-state index in [4.69, 9.17) is 9.47 Å². The van der Waals surface area contributed by atoms with Gasteiger partial charge in [0.15, 0.2) is 0 Å². The van der Waals surface area contributed by atoms with Gasteiger partial charge in [0.2, 0.25) is 0 Å². The number of hydrogen-bond donors (Lipinski definition) is 0. The molecule has 0 saturated carbocycles. The molecule has 0 bridgehead atoms. The highest BCUT2D eigenvalue weighted by Crippen LogP contribution is 2.32. The molecule has 0 fully saturated rings. The third-order valence-electron chi connectivity index (χ3n) is 5.68. The number of halogens is 2. The lowest BCUT2D eigenvalue weighted by Gasteiger charge is -2.16. The fourth-order valence-corrected chi connectivity index (χ4v) is 4.70. The van der Waals surface area contributed by atoms with Gasteiger partial charge in [-0.05, 0) is 93.8 Å². The van der Waals surface area contributed by atoms with Crippen LogP contribution in [-0.2, 0) is 0 Å². The Kier molecular flexibility index (Phi) is 15.1. The van der Waals surface area contributed by atoms with Crippen LogP contribution < -0.4 is 9.47 Å². The lowest BCUT2D eigenvalue weighted by atomic mass is 9.98. The van der Waals surface area contributed by atoms with Crippen molar-refractivity contribution in [3.05, 3.63) is 19.3 Å². The number of benzene rings is 1. The minimum Gasteiger partial charge on any atom is -0.492 e. The van der Waals surface area contributed by atoms with E-state index in [0.29, 0.717) is 0 Å². The van der Waals surface area contributed by atoms with E-state index in [0.717, 1.165) is 68.4 Å². The van der Waals surface area contributed by atoms with E-state index in [2.05, 4.69) is 98.9 Å². The number of hydrogen-bond acceptors (Lipinski definition) is 2. The van der Waals surface area contributed by atoms with Crippen molar-refractivity contribution in [2.75, 3.05) is 13.2 Å². The Morgan fingerprint density at radius 1 is 0.600 bits per heavy atom. The molecule has 0 aliphatic rings. The van der Waals surface area contributed by atoms with Gasteiger partial charge in [0.05, 0.1) is 20.4 Å². The molecule has 0 aromatic heterocycles. The molecule has 0 radical (unpaired) electrons. The van der Waals surface area contributed by atoms with E-state index in [-0.39, 0.29) is 0 Å².